The smallest absolute Gasteiger partial charge is 0.410 e. The van der Waals surface area contributed by atoms with Crippen molar-refractivity contribution in [2.45, 2.75) is 65.0 Å². The minimum absolute atomic E-state index is 0.0631. The highest BCUT2D eigenvalue weighted by Crippen LogP contribution is 2.26. The van der Waals surface area contributed by atoms with Gasteiger partial charge in [-0.25, -0.2) is 4.79 Å². The first-order valence-electron chi connectivity index (χ1n) is 8.06. The molecule has 0 N–H and O–H groups in total. The van der Waals surface area contributed by atoms with E-state index in [0.29, 0.717) is 6.54 Å². The second-order valence-corrected chi connectivity index (χ2v) is 7.29. The number of carbonyl (C=O) groups excluding carboxylic acids is 2. The molecular formula is C16H28N2O3. The summed E-state index contributed by atoms with van der Waals surface area (Å²) in [5.74, 6) is 0.153. The van der Waals surface area contributed by atoms with Crippen LogP contribution in [0.15, 0.2) is 0 Å². The average Bonchev–Trinajstić information content (AvgIpc) is 2.90. The van der Waals surface area contributed by atoms with Gasteiger partial charge in [-0.15, -0.1) is 0 Å². The number of nitrogens with zero attached hydrogens (tertiary/aromatic N) is 2. The maximum Gasteiger partial charge on any atom is 0.410 e. The van der Waals surface area contributed by atoms with Crippen molar-refractivity contribution in [1.82, 2.24) is 9.80 Å². The van der Waals surface area contributed by atoms with Crippen LogP contribution in [-0.2, 0) is 9.53 Å². The van der Waals surface area contributed by atoms with Crippen LogP contribution in [0.4, 0.5) is 4.79 Å². The third-order valence-electron chi connectivity index (χ3n) is 4.28. The van der Waals surface area contributed by atoms with Crippen LogP contribution >= 0.6 is 0 Å². The maximum atomic E-state index is 12.5. The summed E-state index contributed by atoms with van der Waals surface area (Å²) in [5.41, 5.74) is -0.497. The molecule has 5 nitrogen and oxygen atoms in total. The van der Waals surface area contributed by atoms with Crippen LogP contribution in [0.3, 0.4) is 0 Å². The lowest BCUT2D eigenvalue weighted by Gasteiger charge is -2.39. The van der Waals surface area contributed by atoms with E-state index < -0.39 is 5.60 Å². The number of likely N-dealkylation sites (tertiary alicyclic amines) is 2. The molecule has 0 radical (unpaired) electrons. The molecule has 0 bridgehead atoms. The number of hydrogen-bond donors (Lipinski definition) is 0. The fraction of sp³-hybridized carbons (Fsp3) is 0.875. The molecule has 0 aromatic carbocycles. The first-order valence-corrected chi connectivity index (χ1v) is 8.06. The van der Waals surface area contributed by atoms with Gasteiger partial charge in [0.15, 0.2) is 0 Å². The van der Waals surface area contributed by atoms with Crippen molar-refractivity contribution < 1.29 is 14.3 Å². The molecular weight excluding hydrogens is 268 g/mol. The quantitative estimate of drug-likeness (QED) is 0.747. The van der Waals surface area contributed by atoms with Gasteiger partial charge in [0.05, 0.1) is 5.92 Å². The van der Waals surface area contributed by atoms with Crippen LogP contribution in [0.5, 0.6) is 0 Å². The fourth-order valence-electron chi connectivity index (χ4n) is 3.08. The van der Waals surface area contributed by atoms with E-state index in [9.17, 15) is 9.59 Å². The Bertz CT molecular complexity index is 397. The van der Waals surface area contributed by atoms with E-state index in [1.807, 2.05) is 32.6 Å². The SMILES string of the molecule is C[C@@H]1CC[C@H](C(=O)N2CCCC2)CN1C(=O)OC(C)(C)C. The third-order valence-corrected chi connectivity index (χ3v) is 4.28. The van der Waals surface area contributed by atoms with Gasteiger partial charge in [-0.1, -0.05) is 0 Å². The summed E-state index contributed by atoms with van der Waals surface area (Å²) >= 11 is 0. The minimum Gasteiger partial charge on any atom is -0.444 e. The van der Waals surface area contributed by atoms with Gasteiger partial charge in [0.25, 0.3) is 0 Å². The normalized spacial score (nSPS) is 26.9. The summed E-state index contributed by atoms with van der Waals surface area (Å²) in [4.78, 5) is 28.5. The topological polar surface area (TPSA) is 49.9 Å². The number of amides is 2. The Hall–Kier alpha value is -1.26. The Balaban J connectivity index is 1.98. The zero-order valence-electron chi connectivity index (χ0n) is 13.7. The molecule has 21 heavy (non-hydrogen) atoms. The van der Waals surface area contributed by atoms with Gasteiger partial charge in [0.1, 0.15) is 5.60 Å². The zero-order valence-corrected chi connectivity index (χ0v) is 13.7. The number of carbonyl (C=O) groups is 2. The molecule has 2 fully saturated rings. The Morgan fingerprint density at radius 1 is 1.10 bits per heavy atom. The summed E-state index contributed by atoms with van der Waals surface area (Å²) in [6, 6.07) is 0.141. The van der Waals surface area contributed by atoms with Gasteiger partial charge in [-0.2, -0.15) is 0 Å². The van der Waals surface area contributed by atoms with Gasteiger partial charge in [0, 0.05) is 25.7 Å². The van der Waals surface area contributed by atoms with Crippen LogP contribution < -0.4 is 0 Å². The largest absolute Gasteiger partial charge is 0.444 e. The molecule has 0 saturated carbocycles. The van der Waals surface area contributed by atoms with Gasteiger partial charge in [-0.05, 0) is 53.4 Å². The predicted octanol–water partition coefficient (Wildman–Crippen LogP) is 2.64. The van der Waals surface area contributed by atoms with Crippen molar-refractivity contribution in [2.75, 3.05) is 19.6 Å². The van der Waals surface area contributed by atoms with Crippen molar-refractivity contribution in [3.63, 3.8) is 0 Å². The van der Waals surface area contributed by atoms with Crippen LogP contribution in [-0.4, -0.2) is 53.1 Å². The summed E-state index contributed by atoms with van der Waals surface area (Å²) in [5, 5.41) is 0. The zero-order chi connectivity index (χ0) is 15.6. The molecule has 0 aliphatic carbocycles. The lowest BCUT2D eigenvalue weighted by Crippen LogP contribution is -2.51. The molecule has 5 heteroatoms. The van der Waals surface area contributed by atoms with Crippen molar-refractivity contribution >= 4 is 12.0 Å². The number of rotatable bonds is 1. The van der Waals surface area contributed by atoms with E-state index in [2.05, 4.69) is 0 Å². The lowest BCUT2D eigenvalue weighted by atomic mass is 9.92. The molecule has 120 valence electrons. The molecule has 0 spiro atoms. The Labute approximate surface area is 127 Å². The van der Waals surface area contributed by atoms with Crippen molar-refractivity contribution in [1.29, 1.82) is 0 Å². The summed E-state index contributed by atoms with van der Waals surface area (Å²) in [6.45, 7) is 9.87. The molecule has 2 amide bonds. The van der Waals surface area contributed by atoms with Crippen molar-refractivity contribution in [2.24, 2.45) is 5.92 Å². The monoisotopic (exact) mass is 296 g/mol. The Kier molecular flexibility index (Phi) is 4.79. The van der Waals surface area contributed by atoms with Gasteiger partial charge in [-0.3, -0.25) is 4.79 Å². The highest BCUT2D eigenvalue weighted by molar-refractivity contribution is 5.80. The van der Waals surface area contributed by atoms with Crippen LogP contribution in [0.1, 0.15) is 53.4 Å². The van der Waals surface area contributed by atoms with Gasteiger partial charge < -0.3 is 14.5 Å². The summed E-state index contributed by atoms with van der Waals surface area (Å²) < 4.78 is 5.46. The highest BCUT2D eigenvalue weighted by atomic mass is 16.6. The minimum atomic E-state index is -0.497. The van der Waals surface area contributed by atoms with Crippen molar-refractivity contribution in [3.05, 3.63) is 0 Å². The molecule has 0 aromatic rings. The first kappa shape index (κ1) is 16.1. The standard InChI is InChI=1S/C16H28N2O3/c1-12-7-8-13(14(19)17-9-5-6-10-17)11-18(12)15(20)21-16(2,3)4/h12-13H,5-11H2,1-4H3/t12-,13+/m1/s1. The van der Waals surface area contributed by atoms with Crippen LogP contribution in [0, 0.1) is 5.92 Å². The van der Waals surface area contributed by atoms with E-state index in [0.717, 1.165) is 38.8 Å². The molecule has 2 rings (SSSR count). The molecule has 2 heterocycles. The second kappa shape index (κ2) is 6.24. The van der Waals surface area contributed by atoms with E-state index in [1.165, 1.54) is 0 Å². The summed E-state index contributed by atoms with van der Waals surface area (Å²) in [6.07, 6.45) is 3.64. The van der Waals surface area contributed by atoms with E-state index in [4.69, 9.17) is 4.74 Å². The Morgan fingerprint density at radius 2 is 1.71 bits per heavy atom. The fourth-order valence-corrected chi connectivity index (χ4v) is 3.08. The predicted molar refractivity (Wildman–Crippen MR) is 80.9 cm³/mol. The third kappa shape index (κ3) is 4.11. The first-order chi connectivity index (χ1) is 9.78. The molecule has 2 aliphatic heterocycles. The van der Waals surface area contributed by atoms with E-state index >= 15 is 0 Å². The number of piperidine rings is 1. The maximum absolute atomic E-state index is 12.5. The second-order valence-electron chi connectivity index (χ2n) is 7.29. The van der Waals surface area contributed by atoms with Crippen LogP contribution in [0.25, 0.3) is 0 Å². The molecule has 0 unspecified atom stereocenters. The summed E-state index contributed by atoms with van der Waals surface area (Å²) in [7, 11) is 0. The van der Waals surface area contributed by atoms with Crippen LogP contribution in [0.2, 0.25) is 0 Å². The van der Waals surface area contributed by atoms with Gasteiger partial charge in [0.2, 0.25) is 5.91 Å². The molecule has 2 aliphatic rings. The highest BCUT2D eigenvalue weighted by Gasteiger charge is 2.36. The number of hydrogen-bond acceptors (Lipinski definition) is 3. The van der Waals surface area contributed by atoms with Gasteiger partial charge >= 0.3 is 6.09 Å². The number of ether oxygens (including phenoxy) is 1. The lowest BCUT2D eigenvalue weighted by molar-refractivity contribution is -0.136. The average molecular weight is 296 g/mol. The molecule has 2 atom stereocenters. The van der Waals surface area contributed by atoms with E-state index in [-0.39, 0.29) is 24.0 Å². The van der Waals surface area contributed by atoms with E-state index in [1.54, 1.807) is 4.90 Å². The molecule has 2 saturated heterocycles. The molecule has 0 aromatic heterocycles. The van der Waals surface area contributed by atoms with Crippen molar-refractivity contribution in [3.8, 4) is 0 Å². The Morgan fingerprint density at radius 3 is 2.29 bits per heavy atom.